The molecule has 0 fully saturated rings. The number of amides is 2. The Labute approximate surface area is 141 Å². The van der Waals surface area contributed by atoms with Crippen molar-refractivity contribution in [3.63, 3.8) is 0 Å². The third-order valence-corrected chi connectivity index (χ3v) is 3.66. The zero-order chi connectivity index (χ0) is 16.7. The Morgan fingerprint density at radius 3 is 2.83 bits per heavy atom. The van der Waals surface area contributed by atoms with Crippen LogP contribution in [-0.4, -0.2) is 18.4 Å². The first kappa shape index (κ1) is 16.8. The van der Waals surface area contributed by atoms with Gasteiger partial charge in [0, 0.05) is 10.5 Å². The van der Waals surface area contributed by atoms with Crippen molar-refractivity contribution in [3.05, 3.63) is 58.5 Å². The fourth-order valence-electron chi connectivity index (χ4n) is 1.61. The molecular formula is C16H15BrN2O4. The minimum atomic E-state index is -0.478. The summed E-state index contributed by atoms with van der Waals surface area (Å²) in [5, 5.41) is 0. The molecule has 1 aromatic heterocycles. The first-order valence-corrected chi connectivity index (χ1v) is 7.53. The molecule has 0 saturated heterocycles. The number of carbonyl (C=O) groups excluding carboxylic acids is 2. The molecule has 2 rings (SSSR count). The van der Waals surface area contributed by atoms with E-state index < -0.39 is 11.8 Å². The topological polar surface area (TPSA) is 80.6 Å². The van der Waals surface area contributed by atoms with Crippen LogP contribution in [0.3, 0.4) is 0 Å². The summed E-state index contributed by atoms with van der Waals surface area (Å²) < 4.78 is 11.3. The van der Waals surface area contributed by atoms with Crippen molar-refractivity contribution in [1.29, 1.82) is 0 Å². The summed E-state index contributed by atoms with van der Waals surface area (Å²) >= 11 is 3.38. The SMILES string of the molecule is Cc1cc(OCC(=O)NNC(=O)C=Cc2ccco2)ccc1Br. The minimum Gasteiger partial charge on any atom is -0.484 e. The molecule has 120 valence electrons. The molecule has 0 spiro atoms. The number of hydrogen-bond acceptors (Lipinski definition) is 4. The number of carbonyl (C=O) groups is 2. The highest BCUT2D eigenvalue weighted by atomic mass is 79.9. The van der Waals surface area contributed by atoms with Gasteiger partial charge in [0.15, 0.2) is 6.61 Å². The first-order valence-electron chi connectivity index (χ1n) is 6.74. The van der Waals surface area contributed by atoms with Gasteiger partial charge < -0.3 is 9.15 Å². The second kappa shape index (κ2) is 8.19. The van der Waals surface area contributed by atoms with E-state index in [1.165, 1.54) is 18.4 Å². The van der Waals surface area contributed by atoms with Crippen LogP contribution < -0.4 is 15.6 Å². The van der Waals surface area contributed by atoms with Crippen LogP contribution in [0, 0.1) is 6.92 Å². The van der Waals surface area contributed by atoms with Crippen molar-refractivity contribution in [2.45, 2.75) is 6.92 Å². The molecule has 7 heteroatoms. The van der Waals surface area contributed by atoms with E-state index in [2.05, 4.69) is 26.8 Å². The fraction of sp³-hybridized carbons (Fsp3) is 0.125. The predicted octanol–water partition coefficient (Wildman–Crippen LogP) is 2.59. The average Bonchev–Trinajstić information content (AvgIpc) is 3.05. The quantitative estimate of drug-likeness (QED) is 0.618. The maximum absolute atomic E-state index is 11.6. The van der Waals surface area contributed by atoms with Crippen LogP contribution in [0.2, 0.25) is 0 Å². The van der Waals surface area contributed by atoms with Gasteiger partial charge in [-0.3, -0.25) is 20.4 Å². The standard InChI is InChI=1S/C16H15BrN2O4/c1-11-9-13(4-6-14(11)17)23-10-16(21)19-18-15(20)7-5-12-3-2-8-22-12/h2-9H,10H2,1H3,(H,18,20)(H,19,21). The Hall–Kier alpha value is -2.54. The van der Waals surface area contributed by atoms with Crippen LogP contribution in [-0.2, 0) is 9.59 Å². The van der Waals surface area contributed by atoms with Crippen LogP contribution in [0.4, 0.5) is 0 Å². The van der Waals surface area contributed by atoms with Gasteiger partial charge in [0.1, 0.15) is 11.5 Å². The molecule has 0 aliphatic carbocycles. The maximum Gasteiger partial charge on any atom is 0.276 e. The first-order chi connectivity index (χ1) is 11.0. The lowest BCUT2D eigenvalue weighted by atomic mass is 10.2. The van der Waals surface area contributed by atoms with Gasteiger partial charge in [-0.15, -0.1) is 0 Å². The molecule has 0 bridgehead atoms. The van der Waals surface area contributed by atoms with Crippen LogP contribution in [0.15, 0.2) is 51.6 Å². The summed E-state index contributed by atoms with van der Waals surface area (Å²) in [7, 11) is 0. The lowest BCUT2D eigenvalue weighted by Gasteiger charge is -2.08. The highest BCUT2D eigenvalue weighted by molar-refractivity contribution is 9.10. The number of aryl methyl sites for hydroxylation is 1. The van der Waals surface area contributed by atoms with Crippen LogP contribution in [0.1, 0.15) is 11.3 Å². The number of hydrazine groups is 1. The van der Waals surface area contributed by atoms with Crippen molar-refractivity contribution in [3.8, 4) is 5.75 Å². The molecule has 0 atom stereocenters. The van der Waals surface area contributed by atoms with E-state index in [1.807, 2.05) is 19.1 Å². The van der Waals surface area contributed by atoms with Gasteiger partial charge in [-0.05, 0) is 48.9 Å². The number of ether oxygens (including phenoxy) is 1. The third kappa shape index (κ3) is 5.63. The third-order valence-electron chi connectivity index (χ3n) is 2.77. The highest BCUT2D eigenvalue weighted by Crippen LogP contribution is 2.21. The molecule has 0 saturated carbocycles. The second-order valence-electron chi connectivity index (χ2n) is 4.59. The Morgan fingerprint density at radius 2 is 2.13 bits per heavy atom. The van der Waals surface area contributed by atoms with Gasteiger partial charge in [0.05, 0.1) is 6.26 Å². The van der Waals surface area contributed by atoms with E-state index in [0.717, 1.165) is 10.0 Å². The molecule has 1 heterocycles. The molecule has 2 N–H and O–H groups in total. The minimum absolute atomic E-state index is 0.205. The number of rotatable bonds is 5. The Kier molecular flexibility index (Phi) is 5.99. The average molecular weight is 379 g/mol. The summed E-state index contributed by atoms with van der Waals surface area (Å²) in [5.74, 6) is 0.171. The molecule has 2 amide bonds. The van der Waals surface area contributed by atoms with Gasteiger partial charge in [-0.25, -0.2) is 0 Å². The summed E-state index contributed by atoms with van der Waals surface area (Å²) in [5.41, 5.74) is 5.50. The zero-order valence-electron chi connectivity index (χ0n) is 12.3. The molecule has 0 unspecified atom stereocenters. The van der Waals surface area contributed by atoms with Crippen molar-refractivity contribution in [2.24, 2.45) is 0 Å². The van der Waals surface area contributed by atoms with Crippen LogP contribution in [0.25, 0.3) is 6.08 Å². The summed E-state index contributed by atoms with van der Waals surface area (Å²) in [6.45, 7) is 1.71. The normalized spacial score (nSPS) is 10.5. The number of benzene rings is 1. The summed E-state index contributed by atoms with van der Waals surface area (Å²) in [6, 6.07) is 8.80. The molecule has 0 aliphatic heterocycles. The van der Waals surface area contributed by atoms with E-state index >= 15 is 0 Å². The molecule has 1 aromatic carbocycles. The van der Waals surface area contributed by atoms with E-state index in [1.54, 1.807) is 18.2 Å². The molecule has 6 nitrogen and oxygen atoms in total. The Balaban J connectivity index is 1.72. The lowest BCUT2D eigenvalue weighted by Crippen LogP contribution is -2.43. The van der Waals surface area contributed by atoms with Crippen LogP contribution >= 0.6 is 15.9 Å². The Bertz CT molecular complexity index is 711. The molecule has 0 aliphatic rings. The molecule has 2 aromatic rings. The lowest BCUT2D eigenvalue weighted by molar-refractivity contribution is -0.128. The summed E-state index contributed by atoms with van der Waals surface area (Å²) in [4.78, 5) is 23.1. The maximum atomic E-state index is 11.6. The number of nitrogens with one attached hydrogen (secondary N) is 2. The van der Waals surface area contributed by atoms with E-state index in [9.17, 15) is 9.59 Å². The number of hydrogen-bond donors (Lipinski definition) is 2. The number of furan rings is 1. The van der Waals surface area contributed by atoms with E-state index in [4.69, 9.17) is 9.15 Å². The second-order valence-corrected chi connectivity index (χ2v) is 5.44. The van der Waals surface area contributed by atoms with Gasteiger partial charge in [-0.1, -0.05) is 15.9 Å². The zero-order valence-corrected chi connectivity index (χ0v) is 13.9. The van der Waals surface area contributed by atoms with Crippen molar-refractivity contribution in [1.82, 2.24) is 10.9 Å². The Morgan fingerprint density at radius 1 is 1.30 bits per heavy atom. The van der Waals surface area contributed by atoms with Gasteiger partial charge >= 0.3 is 0 Å². The van der Waals surface area contributed by atoms with E-state index in [0.29, 0.717) is 11.5 Å². The van der Waals surface area contributed by atoms with Crippen LogP contribution in [0.5, 0.6) is 5.75 Å². The van der Waals surface area contributed by atoms with Gasteiger partial charge in [0.2, 0.25) is 0 Å². The monoisotopic (exact) mass is 378 g/mol. The van der Waals surface area contributed by atoms with Gasteiger partial charge in [-0.2, -0.15) is 0 Å². The number of halogens is 1. The predicted molar refractivity (Wildman–Crippen MR) is 88.4 cm³/mol. The highest BCUT2D eigenvalue weighted by Gasteiger charge is 2.05. The largest absolute Gasteiger partial charge is 0.484 e. The molecule has 0 radical (unpaired) electrons. The molecular weight excluding hydrogens is 364 g/mol. The fourth-order valence-corrected chi connectivity index (χ4v) is 1.86. The van der Waals surface area contributed by atoms with Crippen molar-refractivity contribution in [2.75, 3.05) is 6.61 Å². The van der Waals surface area contributed by atoms with Gasteiger partial charge in [0.25, 0.3) is 11.8 Å². The van der Waals surface area contributed by atoms with Crippen molar-refractivity contribution >= 4 is 33.8 Å². The van der Waals surface area contributed by atoms with E-state index in [-0.39, 0.29) is 6.61 Å². The van der Waals surface area contributed by atoms with Crippen molar-refractivity contribution < 1.29 is 18.7 Å². The smallest absolute Gasteiger partial charge is 0.276 e. The summed E-state index contributed by atoms with van der Waals surface area (Å²) in [6.07, 6.45) is 4.24. The molecule has 23 heavy (non-hydrogen) atoms.